The minimum Gasteiger partial charge on any atom is -0.466 e. The van der Waals surface area contributed by atoms with E-state index in [0.29, 0.717) is 47.3 Å². The molecule has 4 heterocycles. The smallest absolute Gasteiger partial charge is 0.338 e. The molecule has 3 aliphatic rings. The number of likely N-dealkylation sites (tertiary alicyclic amines) is 1. The average molecular weight is 518 g/mol. The lowest BCUT2D eigenvalue weighted by Gasteiger charge is -2.42. The van der Waals surface area contributed by atoms with Crippen LogP contribution in [0.1, 0.15) is 36.4 Å². The van der Waals surface area contributed by atoms with Gasteiger partial charge in [-0.1, -0.05) is 17.7 Å². The van der Waals surface area contributed by atoms with Gasteiger partial charge in [0.25, 0.3) is 0 Å². The average Bonchev–Trinajstić information content (AvgIpc) is 3.44. The maximum absolute atomic E-state index is 13.8. The molecule has 1 amide bonds. The standard InChI is InChI=1S/C24H25ClFN5O3S/c1-13(32)30-10-15-4-5-16(11-30)31(15)12-19-20(24(33)34-2)21(17-6-3-14(26)9-18(17)25)29-22(28-19)23-27-7-8-35-23/h3,6-9,15-16,21H,4-5,10-12H2,1-2H3,(H,28,29). The molecule has 0 aliphatic carbocycles. The van der Waals surface area contributed by atoms with Crippen molar-refractivity contribution in [3.63, 3.8) is 0 Å². The van der Waals surface area contributed by atoms with Crippen molar-refractivity contribution in [2.45, 2.75) is 37.9 Å². The maximum Gasteiger partial charge on any atom is 0.338 e. The lowest BCUT2D eigenvalue weighted by Crippen LogP contribution is -2.56. The molecule has 8 nitrogen and oxygen atoms in total. The number of rotatable bonds is 5. The molecule has 3 aliphatic heterocycles. The summed E-state index contributed by atoms with van der Waals surface area (Å²) < 4.78 is 19.0. The number of piperazine rings is 1. The molecule has 1 N–H and O–H groups in total. The molecule has 184 valence electrons. The molecule has 0 spiro atoms. The number of halogens is 2. The minimum atomic E-state index is -0.790. The van der Waals surface area contributed by atoms with Crippen LogP contribution in [-0.2, 0) is 14.3 Å². The second-order valence-electron chi connectivity index (χ2n) is 8.87. The number of amidine groups is 1. The molecule has 3 atom stereocenters. The highest BCUT2D eigenvalue weighted by Crippen LogP contribution is 2.38. The Balaban J connectivity index is 1.57. The van der Waals surface area contributed by atoms with Gasteiger partial charge in [0.1, 0.15) is 11.9 Å². The number of benzene rings is 1. The SMILES string of the molecule is COC(=O)C1=C(CN2C3CCC2CN(C(C)=O)C3)NC(c2nccs2)=NC1c1ccc(F)cc1Cl. The first-order valence-electron chi connectivity index (χ1n) is 11.4. The first-order chi connectivity index (χ1) is 16.9. The van der Waals surface area contributed by atoms with Crippen molar-refractivity contribution < 1.29 is 18.7 Å². The number of aromatic nitrogens is 1. The molecule has 3 unspecified atom stereocenters. The summed E-state index contributed by atoms with van der Waals surface area (Å²) >= 11 is 7.84. The quantitative estimate of drug-likeness (QED) is 0.613. The van der Waals surface area contributed by atoms with Crippen LogP contribution in [0.15, 0.2) is 46.0 Å². The van der Waals surface area contributed by atoms with Crippen LogP contribution < -0.4 is 5.32 Å². The van der Waals surface area contributed by atoms with Gasteiger partial charge in [0, 0.05) is 66.5 Å². The molecule has 35 heavy (non-hydrogen) atoms. The van der Waals surface area contributed by atoms with Crippen LogP contribution >= 0.6 is 22.9 Å². The normalized spacial score (nSPS) is 24.3. The third-order valence-corrected chi connectivity index (χ3v) is 7.95. The van der Waals surface area contributed by atoms with Crippen LogP contribution in [0, 0.1) is 5.82 Å². The Morgan fingerprint density at radius 2 is 2.03 bits per heavy atom. The number of esters is 1. The highest BCUT2D eigenvalue weighted by Gasteiger charge is 2.42. The molecule has 2 saturated heterocycles. The third-order valence-electron chi connectivity index (χ3n) is 6.84. The fourth-order valence-corrected chi connectivity index (χ4v) is 6.01. The molecule has 2 fully saturated rings. The number of fused-ring (bicyclic) bond motifs is 2. The Hall–Kier alpha value is -2.82. The largest absolute Gasteiger partial charge is 0.466 e. The Morgan fingerprint density at radius 1 is 1.29 bits per heavy atom. The van der Waals surface area contributed by atoms with Gasteiger partial charge in [-0.3, -0.25) is 14.7 Å². The molecule has 0 saturated carbocycles. The summed E-state index contributed by atoms with van der Waals surface area (Å²) in [5.74, 6) is -0.408. The highest BCUT2D eigenvalue weighted by atomic mass is 35.5. The second kappa shape index (κ2) is 9.67. The van der Waals surface area contributed by atoms with Gasteiger partial charge < -0.3 is 15.0 Å². The topological polar surface area (TPSA) is 87.1 Å². The first-order valence-corrected chi connectivity index (χ1v) is 12.6. The summed E-state index contributed by atoms with van der Waals surface area (Å²) in [5.41, 5.74) is 1.48. The summed E-state index contributed by atoms with van der Waals surface area (Å²) in [6, 6.07) is 3.67. The lowest BCUT2D eigenvalue weighted by atomic mass is 9.95. The number of nitrogens with one attached hydrogen (secondary N) is 1. The number of hydrogen-bond donors (Lipinski definition) is 1. The zero-order valence-electron chi connectivity index (χ0n) is 19.3. The van der Waals surface area contributed by atoms with Gasteiger partial charge in [-0.2, -0.15) is 0 Å². The van der Waals surface area contributed by atoms with Gasteiger partial charge in [0.05, 0.1) is 12.7 Å². The monoisotopic (exact) mass is 517 g/mol. The molecule has 5 rings (SSSR count). The van der Waals surface area contributed by atoms with Crippen molar-refractivity contribution in [2.24, 2.45) is 4.99 Å². The fourth-order valence-electron chi connectivity index (χ4n) is 5.16. The number of methoxy groups -OCH3 is 1. The van der Waals surface area contributed by atoms with Crippen molar-refractivity contribution in [2.75, 3.05) is 26.7 Å². The minimum absolute atomic E-state index is 0.0796. The van der Waals surface area contributed by atoms with E-state index >= 15 is 0 Å². The van der Waals surface area contributed by atoms with Gasteiger partial charge in [0.2, 0.25) is 5.91 Å². The van der Waals surface area contributed by atoms with Gasteiger partial charge >= 0.3 is 5.97 Å². The summed E-state index contributed by atoms with van der Waals surface area (Å²) in [7, 11) is 1.33. The Labute approximate surface area is 211 Å². The number of hydrogen-bond acceptors (Lipinski definition) is 8. The number of carbonyl (C=O) groups excluding carboxylic acids is 2. The predicted molar refractivity (Wildman–Crippen MR) is 131 cm³/mol. The lowest BCUT2D eigenvalue weighted by molar-refractivity contribution is -0.136. The number of ether oxygens (including phenoxy) is 1. The summed E-state index contributed by atoms with van der Waals surface area (Å²) in [4.78, 5) is 38.5. The van der Waals surface area contributed by atoms with Crippen LogP contribution in [0.3, 0.4) is 0 Å². The zero-order valence-corrected chi connectivity index (χ0v) is 20.9. The van der Waals surface area contributed by atoms with Crippen molar-refractivity contribution in [3.05, 3.63) is 62.5 Å². The summed E-state index contributed by atoms with van der Waals surface area (Å²) in [6.45, 7) is 3.37. The van der Waals surface area contributed by atoms with E-state index in [1.165, 1.54) is 30.6 Å². The molecular weight excluding hydrogens is 493 g/mol. The first kappa shape index (κ1) is 23.9. The zero-order chi connectivity index (χ0) is 24.7. The van der Waals surface area contributed by atoms with E-state index in [-0.39, 0.29) is 23.0 Å². The van der Waals surface area contributed by atoms with Crippen LogP contribution in [0.4, 0.5) is 4.39 Å². The molecular formula is C24H25ClFN5O3S. The van der Waals surface area contributed by atoms with E-state index in [1.807, 2.05) is 10.3 Å². The molecule has 11 heteroatoms. The van der Waals surface area contributed by atoms with Crippen molar-refractivity contribution in [1.82, 2.24) is 20.1 Å². The van der Waals surface area contributed by atoms with E-state index in [0.717, 1.165) is 12.8 Å². The summed E-state index contributed by atoms with van der Waals surface area (Å²) in [6.07, 6.45) is 3.65. The van der Waals surface area contributed by atoms with Gasteiger partial charge in [-0.25, -0.2) is 14.2 Å². The molecule has 2 bridgehead atoms. The van der Waals surface area contributed by atoms with E-state index < -0.39 is 17.8 Å². The molecule has 1 aromatic heterocycles. The van der Waals surface area contributed by atoms with Crippen LogP contribution in [0.25, 0.3) is 0 Å². The number of thiazole rings is 1. The van der Waals surface area contributed by atoms with Gasteiger partial charge in [0.15, 0.2) is 10.8 Å². The predicted octanol–water partition coefficient (Wildman–Crippen LogP) is 3.15. The van der Waals surface area contributed by atoms with Crippen LogP contribution in [0.5, 0.6) is 0 Å². The maximum atomic E-state index is 13.8. The highest BCUT2D eigenvalue weighted by molar-refractivity contribution is 7.11. The van der Waals surface area contributed by atoms with Crippen molar-refractivity contribution in [3.8, 4) is 0 Å². The van der Waals surface area contributed by atoms with E-state index in [4.69, 9.17) is 21.3 Å². The number of nitrogens with zero attached hydrogens (tertiary/aromatic N) is 4. The Bertz CT molecular complexity index is 1200. The van der Waals surface area contributed by atoms with Gasteiger partial charge in [-0.15, -0.1) is 11.3 Å². The Kier molecular flexibility index (Phi) is 6.61. The number of amides is 1. The van der Waals surface area contributed by atoms with Crippen LogP contribution in [0.2, 0.25) is 5.02 Å². The van der Waals surface area contributed by atoms with Gasteiger partial charge in [-0.05, 0) is 25.0 Å². The van der Waals surface area contributed by atoms with E-state index in [2.05, 4.69) is 15.2 Å². The summed E-state index contributed by atoms with van der Waals surface area (Å²) in [5, 5.41) is 6.03. The van der Waals surface area contributed by atoms with Crippen molar-refractivity contribution in [1.29, 1.82) is 0 Å². The number of carbonyl (C=O) groups is 2. The van der Waals surface area contributed by atoms with Crippen molar-refractivity contribution >= 4 is 40.6 Å². The van der Waals surface area contributed by atoms with E-state index in [9.17, 15) is 14.0 Å². The second-order valence-corrected chi connectivity index (χ2v) is 10.2. The third kappa shape index (κ3) is 4.57. The molecule has 1 aromatic carbocycles. The number of aliphatic imine (C=N–C) groups is 1. The molecule has 2 aromatic rings. The fraction of sp³-hybridized carbons (Fsp3) is 0.417. The Morgan fingerprint density at radius 3 is 2.63 bits per heavy atom. The van der Waals surface area contributed by atoms with Crippen LogP contribution in [-0.4, -0.2) is 71.3 Å². The molecule has 0 radical (unpaired) electrons. The van der Waals surface area contributed by atoms with E-state index in [1.54, 1.807) is 19.2 Å².